The summed E-state index contributed by atoms with van der Waals surface area (Å²) in [5.74, 6) is -1.01. The molecule has 1 N–H and O–H groups in total. The third-order valence-corrected chi connectivity index (χ3v) is 6.31. The summed E-state index contributed by atoms with van der Waals surface area (Å²) in [6, 6.07) is 9.98. The van der Waals surface area contributed by atoms with Gasteiger partial charge in [-0.1, -0.05) is 24.3 Å². The van der Waals surface area contributed by atoms with Crippen molar-refractivity contribution in [1.29, 1.82) is 0 Å². The molecule has 11 heteroatoms. The van der Waals surface area contributed by atoms with Gasteiger partial charge in [0.15, 0.2) is 0 Å². The molecular weight excluding hydrogens is 491 g/mol. The fourth-order valence-electron chi connectivity index (χ4n) is 4.34. The van der Waals surface area contributed by atoms with Crippen LogP contribution >= 0.6 is 0 Å². The van der Waals surface area contributed by atoms with Crippen LogP contribution in [0.2, 0.25) is 0 Å². The average Bonchev–Trinajstić information content (AvgIpc) is 3.28. The minimum atomic E-state index is -4.61. The zero-order valence-corrected chi connectivity index (χ0v) is 20.1. The molecule has 194 valence electrons. The number of carbonyl (C=O) groups is 2. The third-order valence-electron chi connectivity index (χ3n) is 6.31. The van der Waals surface area contributed by atoms with Crippen molar-refractivity contribution in [3.8, 4) is 5.69 Å². The highest BCUT2D eigenvalue weighted by Gasteiger charge is 2.33. The van der Waals surface area contributed by atoms with Gasteiger partial charge in [-0.05, 0) is 55.2 Å². The van der Waals surface area contributed by atoms with Crippen molar-refractivity contribution in [2.75, 3.05) is 6.61 Å². The minimum absolute atomic E-state index is 0.0219. The van der Waals surface area contributed by atoms with Gasteiger partial charge in [0, 0.05) is 12.6 Å². The van der Waals surface area contributed by atoms with E-state index in [4.69, 9.17) is 4.74 Å². The van der Waals surface area contributed by atoms with Crippen molar-refractivity contribution in [2.24, 2.45) is 0 Å². The van der Waals surface area contributed by atoms with E-state index in [0.29, 0.717) is 18.5 Å². The third kappa shape index (κ3) is 5.20. The SMILES string of the molecule is CCOC(=O)c1cn(-c2ccc(C3CCC(=O)N3)cc2)c(=O)n(Cc2cccc(C(F)(F)F)c2C)c1=O. The fraction of sp³-hybridized carbons (Fsp3) is 0.308. The molecule has 37 heavy (non-hydrogen) atoms. The van der Waals surface area contributed by atoms with Crippen molar-refractivity contribution in [3.63, 3.8) is 0 Å². The molecule has 8 nitrogen and oxygen atoms in total. The predicted octanol–water partition coefficient (Wildman–Crippen LogP) is 3.50. The highest BCUT2D eigenvalue weighted by atomic mass is 19.4. The van der Waals surface area contributed by atoms with E-state index in [0.717, 1.165) is 27.0 Å². The van der Waals surface area contributed by atoms with E-state index in [-0.39, 0.29) is 29.7 Å². The van der Waals surface area contributed by atoms with E-state index in [1.807, 2.05) is 0 Å². The number of aromatic nitrogens is 2. The normalized spacial score (nSPS) is 15.5. The maximum Gasteiger partial charge on any atom is 0.416 e. The van der Waals surface area contributed by atoms with Crippen LogP contribution in [0.3, 0.4) is 0 Å². The van der Waals surface area contributed by atoms with Crippen LogP contribution in [0, 0.1) is 6.92 Å². The van der Waals surface area contributed by atoms with E-state index < -0.39 is 41.1 Å². The Hall–Kier alpha value is -4.15. The highest BCUT2D eigenvalue weighted by molar-refractivity contribution is 5.88. The molecule has 1 amide bonds. The Bertz CT molecular complexity index is 1470. The quantitative estimate of drug-likeness (QED) is 0.507. The van der Waals surface area contributed by atoms with E-state index in [1.165, 1.54) is 19.1 Å². The first kappa shape index (κ1) is 25.9. The smallest absolute Gasteiger partial charge is 0.416 e. The molecule has 1 aromatic heterocycles. The topological polar surface area (TPSA) is 99.4 Å². The number of benzene rings is 2. The molecular formula is C26H24F3N3O5. The van der Waals surface area contributed by atoms with Crippen LogP contribution in [0.15, 0.2) is 58.3 Å². The molecule has 0 saturated carbocycles. The van der Waals surface area contributed by atoms with Crippen LogP contribution in [0.25, 0.3) is 5.69 Å². The Balaban J connectivity index is 1.82. The summed E-state index contributed by atoms with van der Waals surface area (Å²) >= 11 is 0. The molecule has 4 rings (SSSR count). The van der Waals surface area contributed by atoms with E-state index >= 15 is 0 Å². The minimum Gasteiger partial charge on any atom is -0.462 e. The van der Waals surface area contributed by atoms with Crippen molar-refractivity contribution >= 4 is 11.9 Å². The maximum absolute atomic E-state index is 13.4. The lowest BCUT2D eigenvalue weighted by Gasteiger charge is -2.17. The Morgan fingerprint density at radius 1 is 1.11 bits per heavy atom. The lowest BCUT2D eigenvalue weighted by molar-refractivity contribution is -0.138. The Morgan fingerprint density at radius 2 is 1.81 bits per heavy atom. The fourth-order valence-corrected chi connectivity index (χ4v) is 4.34. The second kappa shape index (κ2) is 10.1. The zero-order valence-electron chi connectivity index (χ0n) is 20.1. The second-order valence-electron chi connectivity index (χ2n) is 8.64. The molecule has 0 aliphatic carbocycles. The molecule has 2 aromatic carbocycles. The molecule has 1 fully saturated rings. The number of carbonyl (C=O) groups excluding carboxylic acids is 2. The van der Waals surface area contributed by atoms with Crippen LogP contribution < -0.4 is 16.6 Å². The van der Waals surface area contributed by atoms with Crippen LogP contribution in [0.4, 0.5) is 13.2 Å². The zero-order chi connectivity index (χ0) is 26.9. The summed E-state index contributed by atoms with van der Waals surface area (Å²) in [7, 11) is 0. The van der Waals surface area contributed by atoms with E-state index in [1.54, 1.807) is 31.2 Å². The largest absolute Gasteiger partial charge is 0.462 e. The number of hydrogen-bond acceptors (Lipinski definition) is 5. The average molecular weight is 515 g/mol. The van der Waals surface area contributed by atoms with Crippen molar-refractivity contribution in [2.45, 2.75) is 45.5 Å². The van der Waals surface area contributed by atoms with Crippen LogP contribution in [0.1, 0.15) is 58.4 Å². The van der Waals surface area contributed by atoms with Gasteiger partial charge in [0.25, 0.3) is 5.56 Å². The Kier molecular flexibility index (Phi) is 7.06. The monoisotopic (exact) mass is 515 g/mol. The van der Waals surface area contributed by atoms with Gasteiger partial charge in [0.1, 0.15) is 5.56 Å². The molecule has 1 aliphatic heterocycles. The second-order valence-corrected chi connectivity index (χ2v) is 8.64. The summed E-state index contributed by atoms with van der Waals surface area (Å²) in [6.45, 7) is 2.31. The molecule has 0 radical (unpaired) electrons. The van der Waals surface area contributed by atoms with E-state index in [9.17, 15) is 32.3 Å². The maximum atomic E-state index is 13.4. The van der Waals surface area contributed by atoms with Gasteiger partial charge in [0.05, 0.1) is 30.4 Å². The van der Waals surface area contributed by atoms with Gasteiger partial charge >= 0.3 is 17.8 Å². The first-order valence-electron chi connectivity index (χ1n) is 11.6. The standard InChI is InChI=1S/C26H24F3N3O5/c1-3-37-24(35)19-14-31(18-9-7-16(8-10-18)21-11-12-22(33)30-21)25(36)32(23(19)34)13-17-5-4-6-20(15(17)2)26(27,28)29/h4-10,14,21H,3,11-13H2,1-2H3,(H,30,33). The molecule has 1 atom stereocenters. The number of ether oxygens (including phenoxy) is 1. The lowest BCUT2D eigenvalue weighted by Crippen LogP contribution is -2.42. The molecule has 0 bridgehead atoms. The van der Waals surface area contributed by atoms with Crippen LogP contribution in [0.5, 0.6) is 0 Å². The molecule has 3 aromatic rings. The number of alkyl halides is 3. The number of nitrogens with one attached hydrogen (secondary N) is 1. The number of halogens is 3. The van der Waals surface area contributed by atoms with Gasteiger partial charge in [-0.15, -0.1) is 0 Å². The summed E-state index contributed by atoms with van der Waals surface area (Å²) in [6.07, 6.45) is -2.50. The lowest BCUT2D eigenvalue weighted by atomic mass is 10.0. The van der Waals surface area contributed by atoms with E-state index in [2.05, 4.69) is 5.32 Å². The van der Waals surface area contributed by atoms with Gasteiger partial charge in [-0.3, -0.25) is 18.7 Å². The number of nitrogens with zero attached hydrogens (tertiary/aromatic N) is 2. The summed E-state index contributed by atoms with van der Waals surface area (Å²) in [4.78, 5) is 50.6. The van der Waals surface area contributed by atoms with Crippen LogP contribution in [-0.2, 0) is 22.3 Å². The molecule has 1 aliphatic rings. The summed E-state index contributed by atoms with van der Waals surface area (Å²) in [5, 5.41) is 2.85. The Morgan fingerprint density at radius 3 is 2.41 bits per heavy atom. The predicted molar refractivity (Wildman–Crippen MR) is 128 cm³/mol. The van der Waals surface area contributed by atoms with Gasteiger partial charge in [0.2, 0.25) is 5.91 Å². The number of amides is 1. The summed E-state index contributed by atoms with van der Waals surface area (Å²) < 4.78 is 47.0. The molecule has 0 spiro atoms. The van der Waals surface area contributed by atoms with Crippen LogP contribution in [-0.4, -0.2) is 27.6 Å². The van der Waals surface area contributed by atoms with Gasteiger partial charge in [-0.2, -0.15) is 13.2 Å². The van der Waals surface area contributed by atoms with Crippen molar-refractivity contribution < 1.29 is 27.5 Å². The molecule has 1 saturated heterocycles. The van der Waals surface area contributed by atoms with Crippen molar-refractivity contribution in [1.82, 2.24) is 14.5 Å². The molecule has 2 heterocycles. The molecule has 1 unspecified atom stereocenters. The summed E-state index contributed by atoms with van der Waals surface area (Å²) in [5.41, 5.74) is -2.00. The number of hydrogen-bond donors (Lipinski definition) is 1. The first-order valence-corrected chi connectivity index (χ1v) is 11.6. The Labute approximate surface area is 209 Å². The first-order chi connectivity index (χ1) is 17.5. The number of esters is 1. The highest BCUT2D eigenvalue weighted by Crippen LogP contribution is 2.33. The van der Waals surface area contributed by atoms with Crippen molar-refractivity contribution in [3.05, 3.63) is 97.3 Å². The number of rotatable bonds is 6. The van der Waals surface area contributed by atoms with Gasteiger partial charge < -0.3 is 10.1 Å². The van der Waals surface area contributed by atoms with Gasteiger partial charge in [-0.25, -0.2) is 9.59 Å².